The fourth-order valence-electron chi connectivity index (χ4n) is 5.03. The molecular formula is C20H30FNO2. The molecule has 1 aromatic carbocycles. The number of ether oxygens (including phenoxy) is 1. The average molecular weight is 335 g/mol. The molecule has 1 aliphatic heterocycles. The van der Waals surface area contributed by atoms with Gasteiger partial charge in [-0.2, -0.15) is 0 Å². The Morgan fingerprint density at radius 1 is 1.29 bits per heavy atom. The molecule has 1 N–H and O–H groups in total. The number of benzene rings is 1. The summed E-state index contributed by atoms with van der Waals surface area (Å²) < 4.78 is 19.1. The van der Waals surface area contributed by atoms with Crippen LogP contribution in [0.5, 0.6) is 0 Å². The van der Waals surface area contributed by atoms with E-state index >= 15 is 0 Å². The van der Waals surface area contributed by atoms with Crippen molar-refractivity contribution in [1.82, 2.24) is 4.90 Å². The van der Waals surface area contributed by atoms with Gasteiger partial charge in [0.1, 0.15) is 5.82 Å². The first-order valence-electron chi connectivity index (χ1n) is 9.00. The second-order valence-corrected chi connectivity index (χ2v) is 8.90. The number of aliphatic hydroxyl groups excluding tert-OH is 1. The van der Waals surface area contributed by atoms with Gasteiger partial charge in [0, 0.05) is 24.7 Å². The zero-order valence-corrected chi connectivity index (χ0v) is 15.1. The van der Waals surface area contributed by atoms with Crippen LogP contribution in [0.4, 0.5) is 4.39 Å². The molecule has 2 fully saturated rings. The van der Waals surface area contributed by atoms with Crippen molar-refractivity contribution in [3.63, 3.8) is 0 Å². The molecule has 0 unspecified atom stereocenters. The number of hydrogen-bond acceptors (Lipinski definition) is 3. The fraction of sp³-hybridized carbons (Fsp3) is 0.700. The topological polar surface area (TPSA) is 32.7 Å². The summed E-state index contributed by atoms with van der Waals surface area (Å²) in [5.74, 6) is -0.254. The highest BCUT2D eigenvalue weighted by atomic mass is 19.1. The van der Waals surface area contributed by atoms with Gasteiger partial charge in [-0.1, -0.05) is 39.0 Å². The standard InChI is InChI=1S/C20H30FNO2/c1-19(2)8-16-9-20(3,13-19)14-22(16)10-17(23)12-24-11-15-6-4-5-7-18(15)21/h4-7,16-17,23H,8-14H2,1-3H3/t16-,17-,20-/m0/s1. The molecule has 3 rings (SSSR count). The van der Waals surface area contributed by atoms with E-state index in [1.807, 2.05) is 0 Å². The predicted molar refractivity (Wildman–Crippen MR) is 93.2 cm³/mol. The molecule has 1 aliphatic carbocycles. The Balaban J connectivity index is 1.47. The Bertz CT molecular complexity index is 577. The smallest absolute Gasteiger partial charge is 0.128 e. The second-order valence-electron chi connectivity index (χ2n) is 8.90. The van der Waals surface area contributed by atoms with Crippen molar-refractivity contribution in [2.45, 2.75) is 58.8 Å². The maximum Gasteiger partial charge on any atom is 0.128 e. The van der Waals surface area contributed by atoms with E-state index in [1.54, 1.807) is 18.2 Å². The summed E-state index contributed by atoms with van der Waals surface area (Å²) >= 11 is 0. The summed E-state index contributed by atoms with van der Waals surface area (Å²) in [7, 11) is 0. The number of fused-ring (bicyclic) bond motifs is 2. The zero-order valence-electron chi connectivity index (χ0n) is 15.1. The van der Waals surface area contributed by atoms with Crippen molar-refractivity contribution in [1.29, 1.82) is 0 Å². The number of aliphatic hydroxyl groups is 1. The van der Waals surface area contributed by atoms with Crippen LogP contribution in [-0.4, -0.2) is 41.8 Å². The summed E-state index contributed by atoms with van der Waals surface area (Å²) in [5.41, 5.74) is 1.30. The van der Waals surface area contributed by atoms with Crippen molar-refractivity contribution in [2.75, 3.05) is 19.7 Å². The summed E-state index contributed by atoms with van der Waals surface area (Å²) in [6, 6.07) is 7.18. The lowest BCUT2D eigenvalue weighted by atomic mass is 9.65. The minimum atomic E-state index is -0.525. The van der Waals surface area contributed by atoms with Crippen LogP contribution in [0.3, 0.4) is 0 Å². The normalized spacial score (nSPS) is 30.5. The molecule has 1 saturated heterocycles. The number of β-amino-alcohol motifs (C(OH)–C–C–N with tert-alkyl or cyclic N) is 1. The highest BCUT2D eigenvalue weighted by molar-refractivity contribution is 5.16. The summed E-state index contributed by atoms with van der Waals surface area (Å²) in [4.78, 5) is 2.44. The van der Waals surface area contributed by atoms with Crippen LogP contribution in [0.2, 0.25) is 0 Å². The van der Waals surface area contributed by atoms with Gasteiger partial charge in [0.15, 0.2) is 0 Å². The first-order chi connectivity index (χ1) is 11.3. The number of rotatable bonds is 6. The maximum atomic E-state index is 13.6. The van der Waals surface area contributed by atoms with E-state index in [0.717, 1.165) is 6.54 Å². The first-order valence-corrected chi connectivity index (χ1v) is 9.00. The minimum absolute atomic E-state index is 0.206. The zero-order chi connectivity index (χ0) is 17.4. The third kappa shape index (κ3) is 4.16. The van der Waals surface area contributed by atoms with E-state index in [-0.39, 0.29) is 19.0 Å². The molecule has 1 saturated carbocycles. The van der Waals surface area contributed by atoms with Crippen molar-refractivity contribution in [3.05, 3.63) is 35.6 Å². The lowest BCUT2D eigenvalue weighted by Gasteiger charge is -2.40. The Morgan fingerprint density at radius 3 is 2.79 bits per heavy atom. The van der Waals surface area contributed by atoms with Crippen LogP contribution >= 0.6 is 0 Å². The van der Waals surface area contributed by atoms with Gasteiger partial charge >= 0.3 is 0 Å². The molecule has 0 radical (unpaired) electrons. The molecular weight excluding hydrogens is 305 g/mol. The maximum absolute atomic E-state index is 13.6. The average Bonchev–Trinajstić information content (AvgIpc) is 2.69. The molecule has 0 spiro atoms. The van der Waals surface area contributed by atoms with Crippen LogP contribution in [0, 0.1) is 16.6 Å². The molecule has 0 aromatic heterocycles. The van der Waals surface area contributed by atoms with Crippen molar-refractivity contribution < 1.29 is 14.2 Å². The van der Waals surface area contributed by atoms with Crippen molar-refractivity contribution >= 4 is 0 Å². The molecule has 1 heterocycles. The molecule has 3 nitrogen and oxygen atoms in total. The second kappa shape index (κ2) is 6.74. The van der Waals surface area contributed by atoms with E-state index in [1.165, 1.54) is 25.3 Å². The van der Waals surface area contributed by atoms with Gasteiger partial charge in [-0.25, -0.2) is 4.39 Å². The van der Waals surface area contributed by atoms with Gasteiger partial charge in [-0.3, -0.25) is 4.90 Å². The van der Waals surface area contributed by atoms with Gasteiger partial charge < -0.3 is 9.84 Å². The largest absolute Gasteiger partial charge is 0.389 e. The van der Waals surface area contributed by atoms with Gasteiger partial charge in [-0.05, 0) is 36.2 Å². The summed E-state index contributed by atoms with van der Waals surface area (Å²) in [5, 5.41) is 10.3. The van der Waals surface area contributed by atoms with Gasteiger partial charge in [0.2, 0.25) is 0 Å². The van der Waals surface area contributed by atoms with Crippen LogP contribution in [0.1, 0.15) is 45.6 Å². The molecule has 0 amide bonds. The van der Waals surface area contributed by atoms with Gasteiger partial charge in [0.25, 0.3) is 0 Å². The number of halogens is 1. The molecule has 24 heavy (non-hydrogen) atoms. The monoisotopic (exact) mass is 335 g/mol. The minimum Gasteiger partial charge on any atom is -0.389 e. The third-order valence-corrected chi connectivity index (χ3v) is 5.49. The molecule has 1 aromatic rings. The Kier molecular flexibility index (Phi) is 5.01. The molecule has 2 bridgehead atoms. The van der Waals surface area contributed by atoms with Crippen LogP contribution in [0.15, 0.2) is 24.3 Å². The molecule has 3 atom stereocenters. The first kappa shape index (κ1) is 17.8. The Hall–Kier alpha value is -0.970. The van der Waals surface area contributed by atoms with E-state index < -0.39 is 6.10 Å². The van der Waals surface area contributed by atoms with Crippen LogP contribution < -0.4 is 0 Å². The van der Waals surface area contributed by atoms with Crippen molar-refractivity contribution in [3.8, 4) is 0 Å². The van der Waals surface area contributed by atoms with Gasteiger partial charge in [-0.15, -0.1) is 0 Å². The lowest BCUT2D eigenvalue weighted by Crippen LogP contribution is -2.39. The lowest BCUT2D eigenvalue weighted by molar-refractivity contribution is 0.00536. The van der Waals surface area contributed by atoms with E-state index in [9.17, 15) is 9.50 Å². The summed E-state index contributed by atoms with van der Waals surface area (Å²) in [6.45, 7) is 9.25. The highest BCUT2D eigenvalue weighted by Crippen LogP contribution is 2.52. The predicted octanol–water partition coefficient (Wildman–Crippen LogP) is 3.60. The molecule has 4 heteroatoms. The van der Waals surface area contributed by atoms with E-state index in [0.29, 0.717) is 29.0 Å². The van der Waals surface area contributed by atoms with Crippen LogP contribution in [-0.2, 0) is 11.3 Å². The van der Waals surface area contributed by atoms with Crippen LogP contribution in [0.25, 0.3) is 0 Å². The quantitative estimate of drug-likeness (QED) is 0.862. The Labute approximate surface area is 144 Å². The third-order valence-electron chi connectivity index (χ3n) is 5.49. The summed E-state index contributed by atoms with van der Waals surface area (Å²) in [6.07, 6.45) is 3.17. The fourth-order valence-corrected chi connectivity index (χ4v) is 5.03. The number of likely N-dealkylation sites (tertiary alicyclic amines) is 1. The Morgan fingerprint density at radius 2 is 2.04 bits per heavy atom. The van der Waals surface area contributed by atoms with E-state index in [4.69, 9.17) is 4.74 Å². The molecule has 134 valence electrons. The SMILES string of the molecule is CC1(C)C[C@H]2C[C@](C)(CN2C[C@H](O)COCc2ccccc2F)C1. The number of hydrogen-bond donors (Lipinski definition) is 1. The molecule has 2 aliphatic rings. The van der Waals surface area contributed by atoms with Crippen molar-refractivity contribution in [2.24, 2.45) is 10.8 Å². The van der Waals surface area contributed by atoms with Gasteiger partial charge in [0.05, 0.1) is 19.3 Å². The van der Waals surface area contributed by atoms with E-state index in [2.05, 4.69) is 25.7 Å². The number of nitrogens with zero attached hydrogens (tertiary/aromatic N) is 1. The highest BCUT2D eigenvalue weighted by Gasteiger charge is 2.49.